The number of carbonyl (C=O) groups excluding carboxylic acids is 2. The van der Waals surface area contributed by atoms with Crippen molar-refractivity contribution in [3.8, 4) is 5.69 Å². The van der Waals surface area contributed by atoms with Gasteiger partial charge in [-0.05, 0) is 33.3 Å². The van der Waals surface area contributed by atoms with Crippen molar-refractivity contribution < 1.29 is 34.1 Å². The molecule has 0 aliphatic rings. The maximum atomic E-state index is 13.3. The first-order valence-electron chi connectivity index (χ1n) is 15.7. The van der Waals surface area contributed by atoms with E-state index in [0.29, 0.717) is 6.42 Å². The largest absolute Gasteiger partial charge is 0.480 e. The number of unbranched alkanes of at least 4 members (excludes halogenated alkanes) is 9. The average Bonchev–Trinajstić information content (AvgIpc) is 3.43. The highest BCUT2D eigenvalue weighted by Gasteiger charge is 2.29. The Hall–Kier alpha value is -4.56. The number of ether oxygens (including phenoxy) is 1. The van der Waals surface area contributed by atoms with Crippen LogP contribution in [0.5, 0.6) is 0 Å². The molecular formula is C31H46N6O9. The molecule has 0 spiro atoms. The van der Waals surface area contributed by atoms with Gasteiger partial charge in [0, 0.05) is 18.7 Å². The molecule has 0 saturated carbocycles. The van der Waals surface area contributed by atoms with Gasteiger partial charge in [0.25, 0.3) is 11.4 Å². The Labute approximate surface area is 268 Å². The Bertz CT molecular complexity index is 1340. The number of hydrogen-bond donors (Lipinski definition) is 3. The zero-order chi connectivity index (χ0) is 34.3. The van der Waals surface area contributed by atoms with Crippen molar-refractivity contribution in [1.82, 2.24) is 20.2 Å². The monoisotopic (exact) mass is 646 g/mol. The SMILES string of the molecule is CCCCCCCCCCCC[C@H](NC(=O)[C@H](Cc1cn(-c2ccc([N+](=O)[O-])cc2[N+](=O)[O-])cn1)NC(=O)OC(C)(C)C)C(=O)O. The maximum Gasteiger partial charge on any atom is 0.408 e. The predicted octanol–water partition coefficient (Wildman–Crippen LogP) is 6.00. The Morgan fingerprint density at radius 3 is 2.09 bits per heavy atom. The molecule has 0 aliphatic carbocycles. The molecule has 0 fully saturated rings. The van der Waals surface area contributed by atoms with Crippen LogP contribution in [-0.4, -0.2) is 60.2 Å². The summed E-state index contributed by atoms with van der Waals surface area (Å²) in [5.74, 6) is -1.96. The standard InChI is InChI=1S/C31H46N6O9/c1-5-6-7-8-9-10-11-12-13-14-15-24(29(39)40)33-28(38)25(34-30(41)46-31(2,3)4)18-22-20-35(21-32-22)26-17-16-23(36(42)43)19-27(26)37(44)45/h16-17,19-21,24-25H,5-15,18H2,1-4H3,(H,33,38)(H,34,41)(H,39,40)/t24-,25-/m0/s1. The summed E-state index contributed by atoms with van der Waals surface area (Å²) in [6.07, 6.45) is 12.5. The van der Waals surface area contributed by atoms with Crippen LogP contribution in [0.15, 0.2) is 30.7 Å². The minimum absolute atomic E-state index is 0.00196. The summed E-state index contributed by atoms with van der Waals surface area (Å²) in [4.78, 5) is 63.3. The van der Waals surface area contributed by atoms with Crippen LogP contribution >= 0.6 is 0 Å². The fourth-order valence-electron chi connectivity index (χ4n) is 4.82. The van der Waals surface area contributed by atoms with Crippen LogP contribution in [0, 0.1) is 20.2 Å². The highest BCUT2D eigenvalue weighted by molar-refractivity contribution is 5.89. The highest BCUT2D eigenvalue weighted by Crippen LogP contribution is 2.28. The van der Waals surface area contributed by atoms with Gasteiger partial charge in [0.05, 0.1) is 27.9 Å². The Kier molecular flexibility index (Phi) is 15.1. The fraction of sp³-hybridized carbons (Fsp3) is 0.613. The molecule has 2 amide bonds. The van der Waals surface area contributed by atoms with E-state index in [-0.39, 0.29) is 24.2 Å². The quantitative estimate of drug-likeness (QED) is 0.0867. The van der Waals surface area contributed by atoms with E-state index < -0.39 is 56.9 Å². The number of nitrogens with zero attached hydrogens (tertiary/aromatic N) is 4. The summed E-state index contributed by atoms with van der Waals surface area (Å²) >= 11 is 0. The van der Waals surface area contributed by atoms with E-state index in [1.165, 1.54) is 55.3 Å². The van der Waals surface area contributed by atoms with Gasteiger partial charge < -0.3 is 20.5 Å². The van der Waals surface area contributed by atoms with Crippen molar-refractivity contribution in [3.63, 3.8) is 0 Å². The average molecular weight is 647 g/mol. The first-order valence-corrected chi connectivity index (χ1v) is 15.7. The molecule has 15 nitrogen and oxygen atoms in total. The number of carbonyl (C=O) groups is 3. The third-order valence-electron chi connectivity index (χ3n) is 7.16. The van der Waals surface area contributed by atoms with Crippen LogP contribution in [-0.2, 0) is 20.7 Å². The van der Waals surface area contributed by atoms with E-state index in [1.54, 1.807) is 20.8 Å². The number of nitro groups is 2. The highest BCUT2D eigenvalue weighted by atomic mass is 16.6. The molecule has 3 N–H and O–H groups in total. The second-order valence-corrected chi connectivity index (χ2v) is 12.2. The second-order valence-electron chi connectivity index (χ2n) is 12.2. The van der Waals surface area contributed by atoms with Gasteiger partial charge in [-0.15, -0.1) is 0 Å². The zero-order valence-corrected chi connectivity index (χ0v) is 27.0. The summed E-state index contributed by atoms with van der Waals surface area (Å²) in [5.41, 5.74) is -1.64. The van der Waals surface area contributed by atoms with E-state index in [1.807, 2.05) is 0 Å². The topological polar surface area (TPSA) is 209 Å². The maximum absolute atomic E-state index is 13.3. The Morgan fingerprint density at radius 1 is 0.935 bits per heavy atom. The molecule has 1 aromatic carbocycles. The van der Waals surface area contributed by atoms with Gasteiger partial charge >= 0.3 is 12.1 Å². The molecule has 1 aromatic heterocycles. The molecule has 0 aliphatic heterocycles. The number of nitro benzene ring substituents is 2. The number of alkyl carbamates (subject to hydrolysis) is 1. The van der Waals surface area contributed by atoms with Crippen molar-refractivity contribution in [2.24, 2.45) is 0 Å². The molecule has 1 heterocycles. The molecule has 2 aromatic rings. The number of non-ortho nitro benzene ring substituents is 1. The molecule has 15 heteroatoms. The fourth-order valence-corrected chi connectivity index (χ4v) is 4.82. The predicted molar refractivity (Wildman–Crippen MR) is 170 cm³/mol. The Morgan fingerprint density at radius 2 is 1.54 bits per heavy atom. The van der Waals surface area contributed by atoms with Crippen LogP contribution in [0.25, 0.3) is 5.69 Å². The van der Waals surface area contributed by atoms with Gasteiger partial charge in [0.15, 0.2) is 0 Å². The lowest BCUT2D eigenvalue weighted by atomic mass is 10.0. The number of carboxylic acid groups (broad SMARTS) is 1. The van der Waals surface area contributed by atoms with Crippen LogP contribution in [0.1, 0.15) is 104 Å². The van der Waals surface area contributed by atoms with Crippen LogP contribution < -0.4 is 10.6 Å². The van der Waals surface area contributed by atoms with Gasteiger partial charge in [0.2, 0.25) is 5.91 Å². The molecule has 0 saturated heterocycles. The first-order chi connectivity index (χ1) is 21.7. The molecule has 0 bridgehead atoms. The van der Waals surface area contributed by atoms with Gasteiger partial charge in [-0.3, -0.25) is 29.6 Å². The van der Waals surface area contributed by atoms with E-state index in [4.69, 9.17) is 4.74 Å². The van der Waals surface area contributed by atoms with Crippen LogP contribution in [0.3, 0.4) is 0 Å². The van der Waals surface area contributed by atoms with Crippen molar-refractivity contribution >= 4 is 29.3 Å². The van der Waals surface area contributed by atoms with Crippen LogP contribution in [0.2, 0.25) is 0 Å². The number of hydrogen-bond acceptors (Lipinski definition) is 9. The number of nitrogens with one attached hydrogen (secondary N) is 2. The summed E-state index contributed by atoms with van der Waals surface area (Å²) in [5, 5.41) is 37.5. The number of aromatic nitrogens is 2. The minimum Gasteiger partial charge on any atom is -0.480 e. The van der Waals surface area contributed by atoms with Crippen LogP contribution in [0.4, 0.5) is 16.2 Å². The first kappa shape index (κ1) is 37.6. The molecule has 2 atom stereocenters. The van der Waals surface area contributed by atoms with Crippen molar-refractivity contribution in [1.29, 1.82) is 0 Å². The lowest BCUT2D eigenvalue weighted by Crippen LogP contribution is -2.53. The van der Waals surface area contributed by atoms with Gasteiger partial charge in [-0.2, -0.15) is 0 Å². The number of amides is 2. The molecule has 46 heavy (non-hydrogen) atoms. The molecule has 0 unspecified atom stereocenters. The van der Waals surface area contributed by atoms with Crippen molar-refractivity contribution in [2.75, 3.05) is 0 Å². The van der Waals surface area contributed by atoms with Gasteiger partial charge in [0.1, 0.15) is 23.4 Å². The summed E-state index contributed by atoms with van der Waals surface area (Å²) in [6, 6.07) is 0.680. The van der Waals surface area contributed by atoms with Crippen molar-refractivity contribution in [2.45, 2.75) is 122 Å². The Balaban J connectivity index is 2.12. The van der Waals surface area contributed by atoms with Gasteiger partial charge in [-0.1, -0.05) is 71.1 Å². The normalized spacial score (nSPS) is 12.6. The molecular weight excluding hydrogens is 600 g/mol. The minimum atomic E-state index is -1.29. The number of aliphatic carboxylic acids is 1. The number of benzene rings is 1. The van der Waals surface area contributed by atoms with E-state index >= 15 is 0 Å². The molecule has 2 rings (SSSR count). The molecule has 254 valence electrons. The molecule has 0 radical (unpaired) electrons. The number of carboxylic acids is 1. The van der Waals surface area contributed by atoms with E-state index in [9.17, 15) is 39.7 Å². The number of imidazole rings is 1. The van der Waals surface area contributed by atoms with E-state index in [2.05, 4.69) is 22.5 Å². The van der Waals surface area contributed by atoms with Gasteiger partial charge in [-0.25, -0.2) is 14.6 Å². The third-order valence-corrected chi connectivity index (χ3v) is 7.16. The summed E-state index contributed by atoms with van der Waals surface area (Å²) in [6.45, 7) is 7.12. The number of rotatable bonds is 20. The van der Waals surface area contributed by atoms with Crippen molar-refractivity contribution in [3.05, 3.63) is 56.6 Å². The lowest BCUT2D eigenvalue weighted by molar-refractivity contribution is -0.394. The zero-order valence-electron chi connectivity index (χ0n) is 27.0. The van der Waals surface area contributed by atoms with E-state index in [0.717, 1.165) is 37.8 Å². The lowest BCUT2D eigenvalue weighted by Gasteiger charge is -2.24. The third kappa shape index (κ3) is 13.2. The summed E-state index contributed by atoms with van der Waals surface area (Å²) in [7, 11) is 0. The summed E-state index contributed by atoms with van der Waals surface area (Å²) < 4.78 is 6.56. The second kappa shape index (κ2) is 18.4. The smallest absolute Gasteiger partial charge is 0.408 e.